The van der Waals surface area contributed by atoms with Crippen molar-refractivity contribution in [3.8, 4) is 0 Å². The van der Waals surface area contributed by atoms with Crippen LogP contribution in [0.5, 0.6) is 0 Å². The Labute approximate surface area is 146 Å². The Morgan fingerprint density at radius 1 is 0.950 bits per heavy atom. The first-order valence-corrected chi connectivity index (χ1v) is 8.74. The van der Waals surface area contributed by atoms with Gasteiger partial charge in [0.25, 0.3) is 0 Å². The number of hydrogen-bond donors (Lipinski definition) is 1. The zero-order valence-electron chi connectivity index (χ0n) is 12.9. The van der Waals surface area contributed by atoms with E-state index in [4.69, 9.17) is 5.11 Å². The monoisotopic (exact) mass is 314 g/mol. The molecular formula is C14H27NaO4S. The van der Waals surface area contributed by atoms with Crippen LogP contribution in [0.4, 0.5) is 0 Å². The summed E-state index contributed by atoms with van der Waals surface area (Å²) >= 11 is 0. The molecule has 0 amide bonds. The van der Waals surface area contributed by atoms with Gasteiger partial charge < -0.3 is 9.66 Å². The standard InChI is InChI=1S/C14H28O4S.Na/c1-2-3-4-5-6-7-8-9-10-11-12-13-14(15)19(16,17)18;/h13,15H,2-12H2,1H3,(H,16,17,18);/q;+1/p-1/b14-13+;. The molecule has 0 radical (unpaired) electrons. The predicted octanol–water partition coefficient (Wildman–Crippen LogP) is 1.25. The Kier molecular flexibility index (Phi) is 16.4. The topological polar surface area (TPSA) is 77.4 Å². The molecule has 0 heterocycles. The molecule has 0 rings (SSSR count). The first-order valence-electron chi connectivity index (χ1n) is 7.33. The molecule has 0 aliphatic heterocycles. The quantitative estimate of drug-likeness (QED) is 0.254. The van der Waals surface area contributed by atoms with Gasteiger partial charge in [0.15, 0.2) is 15.2 Å². The van der Waals surface area contributed by atoms with E-state index in [1.54, 1.807) is 0 Å². The molecule has 114 valence electrons. The van der Waals surface area contributed by atoms with Gasteiger partial charge in [-0.05, 0) is 18.9 Å². The number of aliphatic hydroxyl groups is 1. The van der Waals surface area contributed by atoms with Crippen LogP contribution in [0.25, 0.3) is 0 Å². The summed E-state index contributed by atoms with van der Waals surface area (Å²) in [5.74, 6) is 0. The van der Waals surface area contributed by atoms with Crippen molar-refractivity contribution >= 4 is 10.1 Å². The van der Waals surface area contributed by atoms with E-state index >= 15 is 0 Å². The van der Waals surface area contributed by atoms with Gasteiger partial charge in [0.2, 0.25) is 0 Å². The zero-order chi connectivity index (χ0) is 14.6. The van der Waals surface area contributed by atoms with Crippen LogP contribution >= 0.6 is 0 Å². The molecule has 0 aromatic carbocycles. The normalized spacial score (nSPS) is 12.2. The first kappa shape index (κ1) is 22.7. The minimum atomic E-state index is -4.65. The van der Waals surface area contributed by atoms with Crippen LogP contribution in [-0.2, 0) is 10.1 Å². The van der Waals surface area contributed by atoms with E-state index in [1.807, 2.05) is 0 Å². The third-order valence-electron chi connectivity index (χ3n) is 3.13. The summed E-state index contributed by atoms with van der Waals surface area (Å²) in [6.07, 6.45) is 13.6. The van der Waals surface area contributed by atoms with Gasteiger partial charge in [0, 0.05) is 0 Å². The Hall–Kier alpha value is 0.450. The zero-order valence-corrected chi connectivity index (χ0v) is 15.8. The largest absolute Gasteiger partial charge is 1.00 e. The second-order valence-corrected chi connectivity index (χ2v) is 6.29. The van der Waals surface area contributed by atoms with E-state index in [9.17, 15) is 13.0 Å². The summed E-state index contributed by atoms with van der Waals surface area (Å²) in [5.41, 5.74) is 0. The maximum Gasteiger partial charge on any atom is 1.00 e. The van der Waals surface area contributed by atoms with Crippen molar-refractivity contribution in [1.82, 2.24) is 0 Å². The summed E-state index contributed by atoms with van der Waals surface area (Å²) in [5, 5.41) is 7.85. The van der Waals surface area contributed by atoms with Crippen molar-refractivity contribution in [1.29, 1.82) is 0 Å². The summed E-state index contributed by atoms with van der Waals surface area (Å²) in [7, 11) is -4.65. The van der Waals surface area contributed by atoms with Gasteiger partial charge >= 0.3 is 29.6 Å². The third kappa shape index (κ3) is 14.9. The van der Waals surface area contributed by atoms with Gasteiger partial charge in [0.1, 0.15) is 0 Å². The van der Waals surface area contributed by atoms with Crippen LogP contribution in [0.15, 0.2) is 11.2 Å². The molecule has 0 saturated heterocycles. The van der Waals surface area contributed by atoms with E-state index in [-0.39, 0.29) is 29.6 Å². The fourth-order valence-electron chi connectivity index (χ4n) is 1.96. The van der Waals surface area contributed by atoms with Crippen LogP contribution in [0, 0.1) is 0 Å². The molecule has 0 fully saturated rings. The summed E-state index contributed by atoms with van der Waals surface area (Å²) < 4.78 is 31.1. The van der Waals surface area contributed by atoms with Crippen LogP contribution in [-0.4, -0.2) is 18.1 Å². The number of hydrogen-bond acceptors (Lipinski definition) is 4. The second-order valence-electron chi connectivity index (χ2n) is 4.97. The maximum atomic E-state index is 10.4. The fourth-order valence-corrected chi connectivity index (χ4v) is 2.28. The molecule has 0 bridgehead atoms. The summed E-state index contributed by atoms with van der Waals surface area (Å²) in [6, 6.07) is 0. The van der Waals surface area contributed by atoms with E-state index < -0.39 is 15.2 Å². The Balaban J connectivity index is 0. The Bertz CT molecular complexity index is 339. The minimum absolute atomic E-state index is 0. The molecule has 4 nitrogen and oxygen atoms in total. The van der Waals surface area contributed by atoms with Gasteiger partial charge in [-0.15, -0.1) is 0 Å². The van der Waals surface area contributed by atoms with Crippen LogP contribution < -0.4 is 29.6 Å². The molecule has 0 atom stereocenters. The van der Waals surface area contributed by atoms with Crippen molar-refractivity contribution in [2.24, 2.45) is 0 Å². The number of unbranched alkanes of at least 4 members (excludes halogenated alkanes) is 10. The molecule has 0 unspecified atom stereocenters. The van der Waals surface area contributed by atoms with E-state index in [2.05, 4.69) is 6.92 Å². The smallest absolute Gasteiger partial charge is 0.742 e. The predicted molar refractivity (Wildman–Crippen MR) is 76.9 cm³/mol. The molecule has 6 heteroatoms. The van der Waals surface area contributed by atoms with Gasteiger partial charge in [-0.25, -0.2) is 8.42 Å². The Morgan fingerprint density at radius 3 is 1.75 bits per heavy atom. The van der Waals surface area contributed by atoms with Crippen LogP contribution in [0.3, 0.4) is 0 Å². The SMILES string of the molecule is CCCCCCCCCCCC/C=C(\O)S(=O)(=O)[O-].[Na+]. The minimum Gasteiger partial charge on any atom is -0.742 e. The number of allylic oxidation sites excluding steroid dienone is 1. The van der Waals surface area contributed by atoms with Crippen LogP contribution in [0.2, 0.25) is 0 Å². The van der Waals surface area contributed by atoms with Crippen molar-refractivity contribution in [2.45, 2.75) is 77.6 Å². The molecule has 0 aliphatic rings. The third-order valence-corrected chi connectivity index (χ3v) is 3.81. The molecule has 1 N–H and O–H groups in total. The second kappa shape index (κ2) is 14.4. The van der Waals surface area contributed by atoms with Crippen molar-refractivity contribution in [3.05, 3.63) is 11.2 Å². The average Bonchev–Trinajstić information content (AvgIpc) is 2.34. The van der Waals surface area contributed by atoms with E-state index in [0.717, 1.165) is 25.3 Å². The molecule has 20 heavy (non-hydrogen) atoms. The van der Waals surface area contributed by atoms with Gasteiger partial charge in [-0.3, -0.25) is 0 Å². The first-order chi connectivity index (χ1) is 8.98. The molecular weight excluding hydrogens is 287 g/mol. The van der Waals surface area contributed by atoms with Gasteiger partial charge in [-0.1, -0.05) is 64.7 Å². The molecule has 0 spiro atoms. The fraction of sp³-hybridized carbons (Fsp3) is 0.857. The molecule has 0 saturated carbocycles. The molecule has 0 aromatic heterocycles. The summed E-state index contributed by atoms with van der Waals surface area (Å²) in [6.45, 7) is 2.21. The van der Waals surface area contributed by atoms with E-state index in [0.29, 0.717) is 6.42 Å². The van der Waals surface area contributed by atoms with E-state index in [1.165, 1.54) is 44.9 Å². The maximum absolute atomic E-state index is 10.4. The van der Waals surface area contributed by atoms with Crippen molar-refractivity contribution < 1.29 is 47.6 Å². The summed E-state index contributed by atoms with van der Waals surface area (Å²) in [4.78, 5) is 0. The van der Waals surface area contributed by atoms with Crippen molar-refractivity contribution in [2.75, 3.05) is 0 Å². The number of aliphatic hydroxyl groups excluding tert-OH is 1. The Morgan fingerprint density at radius 2 is 1.35 bits per heavy atom. The average molecular weight is 314 g/mol. The molecule has 0 aromatic rings. The van der Waals surface area contributed by atoms with Crippen LogP contribution in [0.1, 0.15) is 77.6 Å². The van der Waals surface area contributed by atoms with Crippen molar-refractivity contribution in [3.63, 3.8) is 0 Å². The van der Waals surface area contributed by atoms with Gasteiger partial charge in [-0.2, -0.15) is 0 Å². The number of rotatable bonds is 12. The molecule has 0 aliphatic carbocycles. The van der Waals surface area contributed by atoms with Gasteiger partial charge in [0.05, 0.1) is 0 Å².